The van der Waals surface area contributed by atoms with E-state index in [1.54, 1.807) is 11.9 Å². The Balaban J connectivity index is 2.89. The van der Waals surface area contributed by atoms with Crippen LogP contribution in [0.3, 0.4) is 0 Å². The lowest BCUT2D eigenvalue weighted by Crippen LogP contribution is -2.37. The lowest BCUT2D eigenvalue weighted by Gasteiger charge is -2.25. The SMILES string of the molecule is Cc1ccc(C(=O)N(C)C(C)CC(N)=S)c(Br)c1. The number of hydrogen-bond donors (Lipinski definition) is 1. The van der Waals surface area contributed by atoms with Gasteiger partial charge in [0.15, 0.2) is 0 Å². The highest BCUT2D eigenvalue weighted by atomic mass is 79.9. The van der Waals surface area contributed by atoms with Crippen LogP contribution in [0.4, 0.5) is 0 Å². The maximum absolute atomic E-state index is 12.3. The fraction of sp³-hybridized carbons (Fsp3) is 0.385. The van der Waals surface area contributed by atoms with E-state index in [0.717, 1.165) is 10.0 Å². The molecule has 0 bridgehead atoms. The van der Waals surface area contributed by atoms with Crippen molar-refractivity contribution in [1.82, 2.24) is 4.90 Å². The van der Waals surface area contributed by atoms with E-state index in [1.807, 2.05) is 32.0 Å². The molecule has 18 heavy (non-hydrogen) atoms. The molecule has 3 nitrogen and oxygen atoms in total. The number of thiocarbonyl (C=S) groups is 1. The molecular formula is C13H17BrN2OS. The minimum Gasteiger partial charge on any atom is -0.393 e. The number of nitrogens with zero attached hydrogens (tertiary/aromatic N) is 1. The Kier molecular flexibility index (Phi) is 5.28. The molecule has 0 radical (unpaired) electrons. The van der Waals surface area contributed by atoms with Crippen molar-refractivity contribution < 1.29 is 4.79 Å². The third kappa shape index (κ3) is 3.78. The van der Waals surface area contributed by atoms with Gasteiger partial charge in [0, 0.05) is 24.0 Å². The lowest BCUT2D eigenvalue weighted by atomic mass is 10.1. The molecule has 0 saturated carbocycles. The van der Waals surface area contributed by atoms with Crippen molar-refractivity contribution in [3.8, 4) is 0 Å². The number of carbonyl (C=O) groups is 1. The van der Waals surface area contributed by atoms with Crippen LogP contribution in [-0.4, -0.2) is 28.9 Å². The van der Waals surface area contributed by atoms with Gasteiger partial charge < -0.3 is 10.6 Å². The van der Waals surface area contributed by atoms with E-state index < -0.39 is 0 Å². The van der Waals surface area contributed by atoms with Gasteiger partial charge in [0.1, 0.15) is 0 Å². The highest BCUT2D eigenvalue weighted by Gasteiger charge is 2.19. The second-order valence-corrected chi connectivity index (χ2v) is 5.80. The molecule has 1 rings (SSSR count). The van der Waals surface area contributed by atoms with E-state index in [1.165, 1.54) is 0 Å². The zero-order valence-electron chi connectivity index (χ0n) is 10.7. The minimum absolute atomic E-state index is 0.0109. The summed E-state index contributed by atoms with van der Waals surface area (Å²) in [5.74, 6) is -0.0365. The first-order valence-corrected chi connectivity index (χ1v) is 6.84. The van der Waals surface area contributed by atoms with Crippen LogP contribution < -0.4 is 5.73 Å². The maximum atomic E-state index is 12.3. The van der Waals surface area contributed by atoms with Crippen LogP contribution in [-0.2, 0) is 0 Å². The number of rotatable bonds is 4. The number of amides is 1. The molecule has 0 aromatic heterocycles. The second kappa shape index (κ2) is 6.29. The monoisotopic (exact) mass is 328 g/mol. The van der Waals surface area contributed by atoms with Gasteiger partial charge in [0.2, 0.25) is 0 Å². The van der Waals surface area contributed by atoms with Crippen molar-refractivity contribution in [2.75, 3.05) is 7.05 Å². The molecule has 5 heteroatoms. The molecule has 1 atom stereocenters. The van der Waals surface area contributed by atoms with Gasteiger partial charge in [0.25, 0.3) is 5.91 Å². The Morgan fingerprint density at radius 3 is 2.67 bits per heavy atom. The van der Waals surface area contributed by atoms with Crippen LogP contribution in [0.5, 0.6) is 0 Å². The van der Waals surface area contributed by atoms with Crippen molar-refractivity contribution >= 4 is 39.0 Å². The van der Waals surface area contributed by atoms with E-state index in [-0.39, 0.29) is 11.9 Å². The molecule has 1 amide bonds. The summed E-state index contributed by atoms with van der Waals surface area (Å²) < 4.78 is 0.807. The van der Waals surface area contributed by atoms with Crippen LogP contribution in [0.25, 0.3) is 0 Å². The van der Waals surface area contributed by atoms with Gasteiger partial charge in [-0.2, -0.15) is 0 Å². The Morgan fingerprint density at radius 1 is 1.56 bits per heavy atom. The molecule has 0 aliphatic carbocycles. The first-order chi connectivity index (χ1) is 8.32. The molecule has 0 spiro atoms. The Labute approximate surface area is 121 Å². The fourth-order valence-corrected chi connectivity index (χ4v) is 2.52. The van der Waals surface area contributed by atoms with Crippen LogP contribution in [0.2, 0.25) is 0 Å². The van der Waals surface area contributed by atoms with Crippen LogP contribution in [0.15, 0.2) is 22.7 Å². The average Bonchev–Trinajstić information content (AvgIpc) is 2.26. The van der Waals surface area contributed by atoms with Gasteiger partial charge in [-0.1, -0.05) is 18.3 Å². The summed E-state index contributed by atoms with van der Waals surface area (Å²) in [7, 11) is 1.76. The highest BCUT2D eigenvalue weighted by molar-refractivity contribution is 9.10. The van der Waals surface area contributed by atoms with E-state index in [0.29, 0.717) is 17.0 Å². The largest absolute Gasteiger partial charge is 0.393 e. The summed E-state index contributed by atoms with van der Waals surface area (Å²) >= 11 is 8.29. The summed E-state index contributed by atoms with van der Waals surface area (Å²) in [4.78, 5) is 14.4. The first kappa shape index (κ1) is 15.1. The smallest absolute Gasteiger partial charge is 0.254 e. The molecule has 98 valence electrons. The van der Waals surface area contributed by atoms with Gasteiger partial charge in [0.05, 0.1) is 10.6 Å². The van der Waals surface area contributed by atoms with Gasteiger partial charge >= 0.3 is 0 Å². The molecule has 1 aromatic rings. The van der Waals surface area contributed by atoms with Crippen molar-refractivity contribution in [2.24, 2.45) is 5.73 Å². The minimum atomic E-state index is -0.0365. The molecule has 2 N–H and O–H groups in total. The number of aryl methyl sites for hydroxylation is 1. The van der Waals surface area contributed by atoms with Gasteiger partial charge in [-0.15, -0.1) is 0 Å². The van der Waals surface area contributed by atoms with Gasteiger partial charge in [-0.05, 0) is 47.5 Å². The summed E-state index contributed by atoms with van der Waals surface area (Å²) in [6.45, 7) is 3.91. The van der Waals surface area contributed by atoms with Crippen LogP contribution in [0, 0.1) is 6.92 Å². The summed E-state index contributed by atoms with van der Waals surface area (Å²) in [5.41, 5.74) is 7.26. The number of nitrogens with two attached hydrogens (primary N) is 1. The van der Waals surface area contributed by atoms with E-state index >= 15 is 0 Å². The quantitative estimate of drug-likeness (QED) is 0.864. The standard InChI is InChI=1S/C13H17BrN2OS/c1-8-4-5-10(11(14)6-8)13(17)16(3)9(2)7-12(15)18/h4-6,9H,7H2,1-3H3,(H2,15,18). The normalized spacial score (nSPS) is 12.0. The van der Waals surface area contributed by atoms with Crippen molar-refractivity contribution in [1.29, 1.82) is 0 Å². The first-order valence-electron chi connectivity index (χ1n) is 5.64. The molecule has 0 fully saturated rings. The summed E-state index contributed by atoms with van der Waals surface area (Å²) in [5, 5.41) is 0. The van der Waals surface area contributed by atoms with Crippen LogP contribution >= 0.6 is 28.1 Å². The van der Waals surface area contributed by atoms with Crippen molar-refractivity contribution in [3.63, 3.8) is 0 Å². The van der Waals surface area contributed by atoms with Gasteiger partial charge in [-0.25, -0.2) is 0 Å². The third-order valence-electron chi connectivity index (χ3n) is 2.83. The zero-order chi connectivity index (χ0) is 13.9. The fourth-order valence-electron chi connectivity index (χ4n) is 1.61. The third-order valence-corrected chi connectivity index (χ3v) is 3.66. The van der Waals surface area contributed by atoms with Crippen LogP contribution in [0.1, 0.15) is 29.3 Å². The average molecular weight is 329 g/mol. The molecule has 0 saturated heterocycles. The molecule has 0 aliphatic heterocycles. The Morgan fingerprint density at radius 2 is 2.17 bits per heavy atom. The number of benzene rings is 1. The van der Waals surface area contributed by atoms with Gasteiger partial charge in [-0.3, -0.25) is 4.79 Å². The molecule has 1 unspecified atom stereocenters. The molecular weight excluding hydrogens is 312 g/mol. The van der Waals surface area contributed by atoms with E-state index in [2.05, 4.69) is 15.9 Å². The predicted octanol–water partition coefficient (Wildman–Crippen LogP) is 2.89. The second-order valence-electron chi connectivity index (χ2n) is 4.42. The topological polar surface area (TPSA) is 46.3 Å². The molecule has 0 heterocycles. The predicted molar refractivity (Wildman–Crippen MR) is 81.8 cm³/mol. The molecule has 1 aromatic carbocycles. The van der Waals surface area contributed by atoms with Crippen molar-refractivity contribution in [2.45, 2.75) is 26.3 Å². The van der Waals surface area contributed by atoms with E-state index in [4.69, 9.17) is 18.0 Å². The Hall–Kier alpha value is -0.940. The van der Waals surface area contributed by atoms with E-state index in [9.17, 15) is 4.79 Å². The zero-order valence-corrected chi connectivity index (χ0v) is 13.1. The highest BCUT2D eigenvalue weighted by Crippen LogP contribution is 2.20. The lowest BCUT2D eigenvalue weighted by molar-refractivity contribution is 0.0747. The summed E-state index contributed by atoms with van der Waals surface area (Å²) in [6, 6.07) is 5.66. The maximum Gasteiger partial charge on any atom is 0.254 e. The number of hydrogen-bond acceptors (Lipinski definition) is 2. The Bertz CT molecular complexity index is 476. The van der Waals surface area contributed by atoms with Crippen molar-refractivity contribution in [3.05, 3.63) is 33.8 Å². The summed E-state index contributed by atoms with van der Waals surface area (Å²) in [6.07, 6.45) is 0.529. The number of carbonyl (C=O) groups excluding carboxylic acids is 1. The molecule has 0 aliphatic rings. The number of halogens is 1.